The second-order valence-corrected chi connectivity index (χ2v) is 4.84. The van der Waals surface area contributed by atoms with E-state index in [0.29, 0.717) is 11.8 Å². The number of carbonyl (C=O) groups excluding carboxylic acids is 1. The lowest BCUT2D eigenvalue weighted by Gasteiger charge is -2.16. The van der Waals surface area contributed by atoms with Crippen LogP contribution in [-0.2, 0) is 11.2 Å². The van der Waals surface area contributed by atoms with Gasteiger partial charge in [-0.1, -0.05) is 43.7 Å². The molecule has 2 rings (SSSR count). The van der Waals surface area contributed by atoms with Crippen LogP contribution in [0.3, 0.4) is 0 Å². The number of hydrogen-bond donors (Lipinski definition) is 0. The van der Waals surface area contributed by atoms with Crippen LogP contribution in [0.4, 0.5) is 0 Å². The molecule has 0 spiro atoms. The zero-order valence-corrected chi connectivity index (χ0v) is 10.6. The van der Waals surface area contributed by atoms with E-state index in [9.17, 15) is 4.79 Å². The molecule has 0 aliphatic carbocycles. The van der Waals surface area contributed by atoms with Gasteiger partial charge in [0, 0.05) is 19.0 Å². The van der Waals surface area contributed by atoms with Crippen LogP contribution >= 0.6 is 0 Å². The maximum atomic E-state index is 12.0. The van der Waals surface area contributed by atoms with Gasteiger partial charge >= 0.3 is 0 Å². The molecule has 1 atom stereocenters. The van der Waals surface area contributed by atoms with Gasteiger partial charge < -0.3 is 4.90 Å². The van der Waals surface area contributed by atoms with Crippen molar-refractivity contribution in [2.24, 2.45) is 5.92 Å². The molecule has 0 bridgehead atoms. The maximum Gasteiger partial charge on any atom is 0.225 e. The third-order valence-electron chi connectivity index (χ3n) is 3.56. The Bertz CT molecular complexity index is 360. The molecule has 92 valence electrons. The third-order valence-corrected chi connectivity index (χ3v) is 3.56. The van der Waals surface area contributed by atoms with Gasteiger partial charge in [0.05, 0.1) is 0 Å². The predicted octanol–water partition coefficient (Wildman–Crippen LogP) is 2.88. The van der Waals surface area contributed by atoms with Crippen LogP contribution in [0, 0.1) is 5.92 Å². The van der Waals surface area contributed by atoms with Crippen molar-refractivity contribution < 1.29 is 4.79 Å². The highest BCUT2D eigenvalue weighted by Gasteiger charge is 2.29. The summed E-state index contributed by atoms with van der Waals surface area (Å²) >= 11 is 0. The first kappa shape index (κ1) is 12.2. The maximum absolute atomic E-state index is 12.0. The molecule has 1 fully saturated rings. The van der Waals surface area contributed by atoms with Gasteiger partial charge in [-0.15, -0.1) is 0 Å². The molecule has 17 heavy (non-hydrogen) atoms. The van der Waals surface area contributed by atoms with Crippen molar-refractivity contribution >= 4 is 5.91 Å². The van der Waals surface area contributed by atoms with E-state index < -0.39 is 0 Å². The van der Waals surface area contributed by atoms with Crippen molar-refractivity contribution in [3.05, 3.63) is 35.9 Å². The van der Waals surface area contributed by atoms with Crippen molar-refractivity contribution in [2.75, 3.05) is 13.1 Å². The van der Waals surface area contributed by atoms with Crippen molar-refractivity contribution in [2.45, 2.75) is 32.6 Å². The van der Waals surface area contributed by atoms with E-state index in [0.717, 1.165) is 38.8 Å². The summed E-state index contributed by atoms with van der Waals surface area (Å²) in [6.07, 6.45) is 4.20. The number of rotatable bonds is 5. The summed E-state index contributed by atoms with van der Waals surface area (Å²) in [5.41, 5.74) is 1.32. The summed E-state index contributed by atoms with van der Waals surface area (Å²) in [6, 6.07) is 10.4. The van der Waals surface area contributed by atoms with E-state index in [1.165, 1.54) is 5.56 Å². The first-order chi connectivity index (χ1) is 8.31. The molecule has 1 amide bonds. The predicted molar refractivity (Wildman–Crippen MR) is 69.7 cm³/mol. The molecule has 1 aliphatic rings. The SMILES string of the molecule is CCCC1CCN(CCc2ccccc2)C1=O. The highest BCUT2D eigenvalue weighted by molar-refractivity contribution is 5.80. The highest BCUT2D eigenvalue weighted by atomic mass is 16.2. The summed E-state index contributed by atoms with van der Waals surface area (Å²) in [4.78, 5) is 14.1. The molecule has 1 saturated heterocycles. The van der Waals surface area contributed by atoms with Crippen LogP contribution in [0.5, 0.6) is 0 Å². The average molecular weight is 231 g/mol. The normalized spacial score (nSPS) is 19.9. The molecule has 1 aromatic carbocycles. The van der Waals surface area contributed by atoms with E-state index >= 15 is 0 Å². The van der Waals surface area contributed by atoms with Gasteiger partial charge in [0.1, 0.15) is 0 Å². The number of likely N-dealkylation sites (tertiary alicyclic amines) is 1. The first-order valence-electron chi connectivity index (χ1n) is 6.64. The minimum atomic E-state index is 0.302. The summed E-state index contributed by atoms with van der Waals surface area (Å²) < 4.78 is 0. The lowest BCUT2D eigenvalue weighted by atomic mass is 10.0. The monoisotopic (exact) mass is 231 g/mol. The van der Waals surface area contributed by atoms with E-state index in [2.05, 4.69) is 31.2 Å². The summed E-state index contributed by atoms with van der Waals surface area (Å²) in [6.45, 7) is 3.99. The molecule has 2 heteroatoms. The number of carbonyl (C=O) groups is 1. The molecule has 0 N–H and O–H groups in total. The fraction of sp³-hybridized carbons (Fsp3) is 0.533. The third kappa shape index (κ3) is 3.09. The Labute approximate surface area is 104 Å². The molecular formula is C15H21NO. The van der Waals surface area contributed by atoms with Gasteiger partial charge in [0.25, 0.3) is 0 Å². The van der Waals surface area contributed by atoms with Crippen molar-refractivity contribution in [3.63, 3.8) is 0 Å². The van der Waals surface area contributed by atoms with Gasteiger partial charge in [-0.25, -0.2) is 0 Å². The topological polar surface area (TPSA) is 20.3 Å². The summed E-state index contributed by atoms with van der Waals surface area (Å²) in [7, 11) is 0. The molecule has 1 aliphatic heterocycles. The second-order valence-electron chi connectivity index (χ2n) is 4.84. The largest absolute Gasteiger partial charge is 0.342 e. The minimum Gasteiger partial charge on any atom is -0.342 e. The first-order valence-corrected chi connectivity index (χ1v) is 6.64. The molecule has 1 heterocycles. The number of hydrogen-bond acceptors (Lipinski definition) is 1. The molecule has 0 aromatic heterocycles. The molecule has 2 nitrogen and oxygen atoms in total. The molecule has 1 aromatic rings. The fourth-order valence-corrected chi connectivity index (χ4v) is 2.55. The number of amides is 1. The zero-order chi connectivity index (χ0) is 12.1. The van der Waals surface area contributed by atoms with E-state index in [1.807, 2.05) is 11.0 Å². The Morgan fingerprint density at radius 1 is 1.29 bits per heavy atom. The molecule has 0 radical (unpaired) electrons. The number of nitrogens with zero attached hydrogens (tertiary/aromatic N) is 1. The smallest absolute Gasteiger partial charge is 0.225 e. The van der Waals surface area contributed by atoms with Gasteiger partial charge in [0.2, 0.25) is 5.91 Å². The van der Waals surface area contributed by atoms with Crippen LogP contribution in [0.2, 0.25) is 0 Å². The van der Waals surface area contributed by atoms with E-state index in [1.54, 1.807) is 0 Å². The van der Waals surface area contributed by atoms with Crippen LogP contribution in [-0.4, -0.2) is 23.9 Å². The van der Waals surface area contributed by atoms with Crippen molar-refractivity contribution in [1.82, 2.24) is 4.90 Å². The quantitative estimate of drug-likeness (QED) is 0.763. The van der Waals surface area contributed by atoms with E-state index in [-0.39, 0.29) is 0 Å². The highest BCUT2D eigenvalue weighted by Crippen LogP contribution is 2.22. The fourth-order valence-electron chi connectivity index (χ4n) is 2.55. The molecule has 0 saturated carbocycles. The molecular weight excluding hydrogens is 210 g/mol. The average Bonchev–Trinajstić information content (AvgIpc) is 2.70. The van der Waals surface area contributed by atoms with Gasteiger partial charge in [-0.3, -0.25) is 4.79 Å². The van der Waals surface area contributed by atoms with E-state index in [4.69, 9.17) is 0 Å². The standard InChI is InChI=1S/C15H21NO/c1-2-6-14-10-12-16(15(14)17)11-9-13-7-4-3-5-8-13/h3-5,7-8,14H,2,6,9-12H2,1H3. The Morgan fingerprint density at radius 3 is 2.76 bits per heavy atom. The lowest BCUT2D eigenvalue weighted by Crippen LogP contribution is -2.29. The van der Waals surface area contributed by atoms with Gasteiger partial charge in [-0.05, 0) is 24.8 Å². The second kappa shape index (κ2) is 5.85. The summed E-state index contributed by atoms with van der Waals surface area (Å²) in [5.74, 6) is 0.679. The van der Waals surface area contributed by atoms with Crippen molar-refractivity contribution in [1.29, 1.82) is 0 Å². The molecule has 1 unspecified atom stereocenters. The van der Waals surface area contributed by atoms with Gasteiger partial charge in [-0.2, -0.15) is 0 Å². The number of benzene rings is 1. The van der Waals surface area contributed by atoms with Crippen LogP contribution in [0.15, 0.2) is 30.3 Å². The van der Waals surface area contributed by atoms with Crippen LogP contribution in [0.25, 0.3) is 0 Å². The van der Waals surface area contributed by atoms with Crippen LogP contribution < -0.4 is 0 Å². The summed E-state index contributed by atoms with van der Waals surface area (Å²) in [5, 5.41) is 0. The van der Waals surface area contributed by atoms with Crippen LogP contribution in [0.1, 0.15) is 31.7 Å². The Balaban J connectivity index is 1.83. The Hall–Kier alpha value is -1.31. The zero-order valence-electron chi connectivity index (χ0n) is 10.6. The van der Waals surface area contributed by atoms with Crippen molar-refractivity contribution in [3.8, 4) is 0 Å². The minimum absolute atomic E-state index is 0.302. The lowest BCUT2D eigenvalue weighted by molar-refractivity contribution is -0.131. The Morgan fingerprint density at radius 2 is 2.06 bits per heavy atom. The van der Waals surface area contributed by atoms with Gasteiger partial charge in [0.15, 0.2) is 0 Å². The Kier molecular flexibility index (Phi) is 4.18.